The van der Waals surface area contributed by atoms with E-state index >= 15 is 0 Å². The van der Waals surface area contributed by atoms with Crippen molar-refractivity contribution in [2.24, 2.45) is 5.73 Å². The highest BCUT2D eigenvalue weighted by molar-refractivity contribution is 5.72. The lowest BCUT2D eigenvalue weighted by molar-refractivity contribution is -0.119. The lowest BCUT2D eigenvalue weighted by Gasteiger charge is -2.11. The van der Waals surface area contributed by atoms with Crippen LogP contribution in [0.4, 0.5) is 0 Å². The maximum atomic E-state index is 10.6. The highest BCUT2D eigenvalue weighted by Gasteiger charge is 2.04. The van der Waals surface area contributed by atoms with Gasteiger partial charge in [0.1, 0.15) is 0 Å². The molecule has 0 unspecified atom stereocenters. The Morgan fingerprint density at radius 3 is 2.62 bits per heavy atom. The van der Waals surface area contributed by atoms with Crippen LogP contribution in [-0.4, -0.2) is 12.5 Å². The first-order valence-corrected chi connectivity index (χ1v) is 4.25. The molecule has 70 valence electrons. The molecule has 0 aliphatic rings. The summed E-state index contributed by atoms with van der Waals surface area (Å²) in [5.41, 5.74) is 6.87. The SMILES string of the molecule is CC(=O)NC[C@H](N)c1ccccc1. The number of benzene rings is 1. The molecule has 3 heteroatoms. The molecule has 0 fully saturated rings. The van der Waals surface area contributed by atoms with E-state index in [1.807, 2.05) is 30.3 Å². The molecule has 0 heterocycles. The zero-order valence-electron chi connectivity index (χ0n) is 7.66. The van der Waals surface area contributed by atoms with Crippen molar-refractivity contribution in [3.05, 3.63) is 35.9 Å². The molecule has 0 bridgehead atoms. The lowest BCUT2D eigenvalue weighted by Crippen LogP contribution is -2.30. The maximum Gasteiger partial charge on any atom is 0.216 e. The first-order valence-electron chi connectivity index (χ1n) is 4.25. The molecular formula is C10H14N2O. The van der Waals surface area contributed by atoms with Crippen LogP contribution >= 0.6 is 0 Å². The van der Waals surface area contributed by atoms with Crippen LogP contribution < -0.4 is 11.1 Å². The largest absolute Gasteiger partial charge is 0.354 e. The quantitative estimate of drug-likeness (QED) is 0.720. The predicted molar refractivity (Wildman–Crippen MR) is 52.1 cm³/mol. The van der Waals surface area contributed by atoms with E-state index in [2.05, 4.69) is 5.32 Å². The topological polar surface area (TPSA) is 55.1 Å². The van der Waals surface area contributed by atoms with Crippen LogP contribution in [-0.2, 0) is 4.79 Å². The summed E-state index contributed by atoms with van der Waals surface area (Å²) in [7, 11) is 0. The van der Waals surface area contributed by atoms with E-state index in [1.54, 1.807) is 0 Å². The van der Waals surface area contributed by atoms with E-state index in [9.17, 15) is 4.79 Å². The van der Waals surface area contributed by atoms with E-state index in [-0.39, 0.29) is 11.9 Å². The molecule has 1 aromatic carbocycles. The molecule has 0 aliphatic heterocycles. The van der Waals surface area contributed by atoms with Crippen LogP contribution in [0.3, 0.4) is 0 Å². The maximum absolute atomic E-state index is 10.6. The fourth-order valence-electron chi connectivity index (χ4n) is 1.07. The number of nitrogens with one attached hydrogen (secondary N) is 1. The summed E-state index contributed by atoms with van der Waals surface area (Å²) in [6, 6.07) is 9.59. The summed E-state index contributed by atoms with van der Waals surface area (Å²) in [6.07, 6.45) is 0. The average molecular weight is 178 g/mol. The van der Waals surface area contributed by atoms with Crippen molar-refractivity contribution in [1.29, 1.82) is 0 Å². The van der Waals surface area contributed by atoms with Crippen molar-refractivity contribution in [1.82, 2.24) is 5.32 Å². The zero-order chi connectivity index (χ0) is 9.68. The van der Waals surface area contributed by atoms with E-state index in [4.69, 9.17) is 5.73 Å². The standard InChI is InChI=1S/C10H14N2O/c1-8(13)12-7-10(11)9-5-3-2-4-6-9/h2-6,10H,7,11H2,1H3,(H,12,13)/t10-/m0/s1. The summed E-state index contributed by atoms with van der Waals surface area (Å²) in [5.74, 6) is -0.0496. The van der Waals surface area contributed by atoms with Crippen molar-refractivity contribution in [2.75, 3.05) is 6.54 Å². The number of carbonyl (C=O) groups excluding carboxylic acids is 1. The van der Waals surface area contributed by atoms with E-state index in [1.165, 1.54) is 6.92 Å². The van der Waals surface area contributed by atoms with E-state index in [0.717, 1.165) is 5.56 Å². The molecule has 0 radical (unpaired) electrons. The van der Waals surface area contributed by atoms with Crippen LogP contribution in [0.15, 0.2) is 30.3 Å². The average Bonchev–Trinajstić information content (AvgIpc) is 2.15. The fraction of sp³-hybridized carbons (Fsp3) is 0.300. The van der Waals surface area contributed by atoms with Crippen LogP contribution in [0.2, 0.25) is 0 Å². The van der Waals surface area contributed by atoms with Crippen molar-refractivity contribution in [3.63, 3.8) is 0 Å². The Morgan fingerprint density at radius 2 is 2.08 bits per heavy atom. The van der Waals surface area contributed by atoms with Gasteiger partial charge in [0, 0.05) is 19.5 Å². The minimum atomic E-state index is -0.120. The summed E-state index contributed by atoms with van der Waals surface area (Å²) in [4.78, 5) is 10.6. The monoisotopic (exact) mass is 178 g/mol. The van der Waals surface area contributed by atoms with Gasteiger partial charge in [0.05, 0.1) is 0 Å². The third-order valence-corrected chi connectivity index (χ3v) is 1.80. The van der Waals surface area contributed by atoms with Gasteiger partial charge in [-0.2, -0.15) is 0 Å². The molecule has 13 heavy (non-hydrogen) atoms. The van der Waals surface area contributed by atoms with Gasteiger partial charge in [-0.1, -0.05) is 30.3 Å². The van der Waals surface area contributed by atoms with Gasteiger partial charge in [0.15, 0.2) is 0 Å². The molecule has 0 aromatic heterocycles. The number of amides is 1. The number of hydrogen-bond donors (Lipinski definition) is 2. The Kier molecular flexibility index (Phi) is 3.46. The third-order valence-electron chi connectivity index (χ3n) is 1.80. The van der Waals surface area contributed by atoms with E-state index in [0.29, 0.717) is 6.54 Å². The highest BCUT2D eigenvalue weighted by Crippen LogP contribution is 2.07. The summed E-state index contributed by atoms with van der Waals surface area (Å²) < 4.78 is 0. The van der Waals surface area contributed by atoms with Gasteiger partial charge in [-0.05, 0) is 5.56 Å². The van der Waals surface area contributed by atoms with Gasteiger partial charge < -0.3 is 11.1 Å². The number of carbonyl (C=O) groups is 1. The molecule has 1 amide bonds. The predicted octanol–water partition coefficient (Wildman–Crippen LogP) is 0.822. The Balaban J connectivity index is 2.49. The van der Waals surface area contributed by atoms with Gasteiger partial charge in [0.25, 0.3) is 0 Å². The number of hydrogen-bond acceptors (Lipinski definition) is 2. The van der Waals surface area contributed by atoms with Crippen molar-refractivity contribution in [2.45, 2.75) is 13.0 Å². The third kappa shape index (κ3) is 3.25. The second-order valence-corrected chi connectivity index (χ2v) is 2.95. The van der Waals surface area contributed by atoms with Crippen LogP contribution in [0.1, 0.15) is 18.5 Å². The van der Waals surface area contributed by atoms with Gasteiger partial charge in [-0.15, -0.1) is 0 Å². The van der Waals surface area contributed by atoms with Crippen LogP contribution in [0.5, 0.6) is 0 Å². The smallest absolute Gasteiger partial charge is 0.216 e. The fourth-order valence-corrected chi connectivity index (χ4v) is 1.07. The number of nitrogens with two attached hydrogens (primary N) is 1. The second-order valence-electron chi connectivity index (χ2n) is 2.95. The van der Waals surface area contributed by atoms with Gasteiger partial charge in [-0.3, -0.25) is 4.79 Å². The summed E-state index contributed by atoms with van der Waals surface area (Å²) in [6.45, 7) is 1.97. The molecule has 0 saturated heterocycles. The Bertz CT molecular complexity index is 272. The van der Waals surface area contributed by atoms with Gasteiger partial charge in [-0.25, -0.2) is 0 Å². The van der Waals surface area contributed by atoms with Crippen LogP contribution in [0, 0.1) is 0 Å². The number of rotatable bonds is 3. The molecule has 1 atom stereocenters. The molecular weight excluding hydrogens is 164 g/mol. The normalized spacial score (nSPS) is 12.2. The molecule has 0 saturated carbocycles. The van der Waals surface area contributed by atoms with Crippen LogP contribution in [0.25, 0.3) is 0 Å². The molecule has 0 aliphatic carbocycles. The molecule has 1 rings (SSSR count). The summed E-state index contributed by atoms with van der Waals surface area (Å²) >= 11 is 0. The second kappa shape index (κ2) is 4.62. The molecule has 3 nitrogen and oxygen atoms in total. The van der Waals surface area contributed by atoms with Crippen molar-refractivity contribution < 1.29 is 4.79 Å². The van der Waals surface area contributed by atoms with Crippen molar-refractivity contribution >= 4 is 5.91 Å². The minimum absolute atomic E-state index is 0.0496. The molecule has 3 N–H and O–H groups in total. The zero-order valence-corrected chi connectivity index (χ0v) is 7.66. The van der Waals surface area contributed by atoms with E-state index < -0.39 is 0 Å². The molecule has 1 aromatic rings. The lowest BCUT2D eigenvalue weighted by atomic mass is 10.1. The first kappa shape index (κ1) is 9.74. The minimum Gasteiger partial charge on any atom is -0.354 e. The molecule has 0 spiro atoms. The van der Waals surface area contributed by atoms with Gasteiger partial charge in [0.2, 0.25) is 5.91 Å². The Morgan fingerprint density at radius 1 is 1.46 bits per heavy atom. The first-order chi connectivity index (χ1) is 6.20. The van der Waals surface area contributed by atoms with Crippen molar-refractivity contribution in [3.8, 4) is 0 Å². The summed E-state index contributed by atoms with van der Waals surface area (Å²) in [5, 5.41) is 2.68. The Labute approximate surface area is 77.9 Å². The Hall–Kier alpha value is -1.35. The van der Waals surface area contributed by atoms with Gasteiger partial charge >= 0.3 is 0 Å². The highest BCUT2D eigenvalue weighted by atomic mass is 16.1.